The zero-order valence-corrected chi connectivity index (χ0v) is 16.0. The molecule has 0 aliphatic carbocycles. The van der Waals surface area contributed by atoms with Crippen molar-refractivity contribution in [3.05, 3.63) is 39.1 Å². The summed E-state index contributed by atoms with van der Waals surface area (Å²) >= 11 is 10.3. The number of carbonyl (C=O) groups is 1. The van der Waals surface area contributed by atoms with Crippen LogP contribution in [0.5, 0.6) is 5.75 Å². The Kier molecular flexibility index (Phi) is 6.07. The van der Waals surface area contributed by atoms with E-state index < -0.39 is 15.7 Å². The summed E-state index contributed by atoms with van der Waals surface area (Å²) in [6.45, 7) is 0. The van der Waals surface area contributed by atoms with Crippen molar-refractivity contribution < 1.29 is 17.9 Å². The maximum Gasteiger partial charge on any atom is 0.225 e. The standard InChI is InChI=1S/C14H13BrClNO4S2/c1-21-11-3-2-9(8-10(11)16)17-13(18)6-7-23(19,20)14-5-4-12(15)22-14/h2-5,8H,6-7H2,1H3,(H,17,18). The molecule has 0 atom stereocenters. The fourth-order valence-electron chi connectivity index (χ4n) is 1.76. The van der Waals surface area contributed by atoms with Gasteiger partial charge in [-0.25, -0.2) is 8.42 Å². The average Bonchev–Trinajstić information content (AvgIpc) is 2.93. The zero-order valence-electron chi connectivity index (χ0n) is 12.0. The number of sulfone groups is 1. The number of halogens is 2. The van der Waals surface area contributed by atoms with E-state index in [2.05, 4.69) is 21.2 Å². The van der Waals surface area contributed by atoms with Crippen molar-refractivity contribution in [2.75, 3.05) is 18.2 Å². The molecule has 2 rings (SSSR count). The Balaban J connectivity index is 1.96. The van der Waals surface area contributed by atoms with E-state index in [0.29, 0.717) is 16.5 Å². The van der Waals surface area contributed by atoms with Crippen molar-refractivity contribution >= 4 is 60.3 Å². The number of methoxy groups -OCH3 is 1. The molecule has 0 saturated carbocycles. The lowest BCUT2D eigenvalue weighted by Crippen LogP contribution is -2.17. The Morgan fingerprint density at radius 2 is 2.09 bits per heavy atom. The number of rotatable bonds is 6. The first kappa shape index (κ1) is 18.3. The van der Waals surface area contributed by atoms with Gasteiger partial charge in [0.25, 0.3) is 0 Å². The highest BCUT2D eigenvalue weighted by molar-refractivity contribution is 9.11. The van der Waals surface area contributed by atoms with E-state index >= 15 is 0 Å². The van der Waals surface area contributed by atoms with Gasteiger partial charge in [-0.3, -0.25) is 4.79 Å². The number of benzene rings is 1. The molecule has 1 heterocycles. The molecule has 0 spiro atoms. The van der Waals surface area contributed by atoms with Crippen molar-refractivity contribution in [3.8, 4) is 5.75 Å². The van der Waals surface area contributed by atoms with Gasteiger partial charge in [0.05, 0.1) is 21.7 Å². The number of hydrogen-bond donors (Lipinski definition) is 1. The van der Waals surface area contributed by atoms with Crippen LogP contribution in [-0.4, -0.2) is 27.2 Å². The monoisotopic (exact) mass is 437 g/mol. The second-order valence-corrected chi connectivity index (χ2v) is 9.73. The number of ether oxygens (including phenoxy) is 1. The molecule has 1 N–H and O–H groups in total. The molecule has 1 amide bonds. The second kappa shape index (κ2) is 7.65. The minimum atomic E-state index is -3.46. The van der Waals surface area contributed by atoms with Crippen LogP contribution in [0.15, 0.2) is 38.3 Å². The Morgan fingerprint density at radius 3 is 2.65 bits per heavy atom. The van der Waals surface area contributed by atoms with Crippen LogP contribution >= 0.6 is 38.9 Å². The molecule has 23 heavy (non-hydrogen) atoms. The van der Waals surface area contributed by atoms with Crippen LogP contribution in [0.3, 0.4) is 0 Å². The van der Waals surface area contributed by atoms with Crippen LogP contribution in [0.2, 0.25) is 5.02 Å². The van der Waals surface area contributed by atoms with Gasteiger partial charge >= 0.3 is 0 Å². The van der Waals surface area contributed by atoms with Gasteiger partial charge in [0, 0.05) is 12.1 Å². The van der Waals surface area contributed by atoms with Gasteiger partial charge in [-0.1, -0.05) is 11.6 Å². The number of carbonyl (C=O) groups excluding carboxylic acids is 1. The number of hydrogen-bond acceptors (Lipinski definition) is 5. The molecule has 0 radical (unpaired) electrons. The lowest BCUT2D eigenvalue weighted by molar-refractivity contribution is -0.115. The summed E-state index contributed by atoms with van der Waals surface area (Å²) < 4.78 is 30.2. The molecule has 0 aliphatic heterocycles. The summed E-state index contributed by atoms with van der Waals surface area (Å²) in [5.74, 6) is -0.156. The lowest BCUT2D eigenvalue weighted by Gasteiger charge is -2.08. The third kappa shape index (κ3) is 4.94. The van der Waals surface area contributed by atoms with Crippen LogP contribution < -0.4 is 10.1 Å². The minimum absolute atomic E-state index is 0.137. The molecule has 0 aliphatic rings. The molecule has 0 unspecified atom stereocenters. The molecular weight excluding hydrogens is 426 g/mol. The topological polar surface area (TPSA) is 72.5 Å². The van der Waals surface area contributed by atoms with Crippen LogP contribution in [-0.2, 0) is 14.6 Å². The maximum absolute atomic E-state index is 12.1. The molecule has 1 aromatic heterocycles. The summed E-state index contributed by atoms with van der Waals surface area (Å²) in [7, 11) is -1.97. The highest BCUT2D eigenvalue weighted by atomic mass is 79.9. The van der Waals surface area contributed by atoms with E-state index in [4.69, 9.17) is 16.3 Å². The molecule has 5 nitrogen and oxygen atoms in total. The van der Waals surface area contributed by atoms with Crippen molar-refractivity contribution in [2.24, 2.45) is 0 Å². The summed E-state index contributed by atoms with van der Waals surface area (Å²) in [5.41, 5.74) is 0.483. The summed E-state index contributed by atoms with van der Waals surface area (Å²) in [4.78, 5) is 11.9. The molecule has 0 fully saturated rings. The van der Waals surface area contributed by atoms with Gasteiger partial charge in [-0.2, -0.15) is 0 Å². The van der Waals surface area contributed by atoms with Gasteiger partial charge in [0.15, 0.2) is 9.84 Å². The Labute approximate surface area is 151 Å². The molecule has 1 aromatic carbocycles. The van der Waals surface area contributed by atoms with Gasteiger partial charge < -0.3 is 10.1 Å². The predicted octanol–water partition coefficient (Wildman–Crippen LogP) is 3.98. The van der Waals surface area contributed by atoms with Crippen LogP contribution in [0.1, 0.15) is 6.42 Å². The first-order valence-electron chi connectivity index (χ1n) is 6.43. The highest BCUT2D eigenvalue weighted by Crippen LogP contribution is 2.28. The number of thiophene rings is 1. The third-order valence-electron chi connectivity index (χ3n) is 2.89. The normalized spacial score (nSPS) is 11.3. The highest BCUT2D eigenvalue weighted by Gasteiger charge is 2.18. The molecule has 0 bridgehead atoms. The SMILES string of the molecule is COc1ccc(NC(=O)CCS(=O)(=O)c2ccc(Br)s2)cc1Cl. The fourth-order valence-corrected chi connectivity index (χ4v) is 5.42. The summed E-state index contributed by atoms with van der Waals surface area (Å²) in [5, 5.41) is 2.98. The van der Waals surface area contributed by atoms with Crippen molar-refractivity contribution in [2.45, 2.75) is 10.6 Å². The first-order chi connectivity index (χ1) is 10.8. The second-order valence-electron chi connectivity index (χ2n) is 4.52. The Hall–Kier alpha value is -1.09. The van der Waals surface area contributed by atoms with Crippen LogP contribution in [0, 0.1) is 0 Å². The van der Waals surface area contributed by atoms with E-state index in [1.54, 1.807) is 24.3 Å². The van der Waals surface area contributed by atoms with Gasteiger partial charge in [0.2, 0.25) is 5.91 Å². The Bertz CT molecular complexity index is 820. The van der Waals surface area contributed by atoms with Crippen molar-refractivity contribution in [3.63, 3.8) is 0 Å². The van der Waals surface area contributed by atoms with E-state index in [0.717, 1.165) is 15.1 Å². The van der Waals surface area contributed by atoms with E-state index in [1.807, 2.05) is 0 Å². The molecule has 2 aromatic rings. The number of anilines is 1. The smallest absolute Gasteiger partial charge is 0.225 e. The number of amides is 1. The minimum Gasteiger partial charge on any atom is -0.495 e. The Morgan fingerprint density at radius 1 is 1.35 bits per heavy atom. The summed E-state index contributed by atoms with van der Waals surface area (Å²) in [6.07, 6.45) is -0.137. The molecule has 9 heteroatoms. The largest absolute Gasteiger partial charge is 0.495 e. The molecule has 124 valence electrons. The van der Waals surface area contributed by atoms with Crippen LogP contribution in [0.25, 0.3) is 0 Å². The third-order valence-corrected chi connectivity index (χ3v) is 7.10. The van der Waals surface area contributed by atoms with Crippen molar-refractivity contribution in [1.82, 2.24) is 0 Å². The fraction of sp³-hybridized carbons (Fsp3) is 0.214. The first-order valence-corrected chi connectivity index (χ1v) is 10.1. The quantitative estimate of drug-likeness (QED) is 0.740. The lowest BCUT2D eigenvalue weighted by atomic mass is 10.3. The zero-order chi connectivity index (χ0) is 17.0. The van der Waals surface area contributed by atoms with Gasteiger partial charge in [0.1, 0.15) is 9.96 Å². The van der Waals surface area contributed by atoms with E-state index in [1.165, 1.54) is 13.2 Å². The van der Waals surface area contributed by atoms with E-state index in [-0.39, 0.29) is 16.4 Å². The van der Waals surface area contributed by atoms with Gasteiger partial charge in [-0.05, 0) is 46.3 Å². The molecular formula is C14H13BrClNO4S2. The maximum atomic E-state index is 12.1. The number of nitrogens with one attached hydrogen (secondary N) is 1. The van der Waals surface area contributed by atoms with Crippen LogP contribution in [0.4, 0.5) is 5.69 Å². The van der Waals surface area contributed by atoms with Crippen molar-refractivity contribution in [1.29, 1.82) is 0 Å². The predicted molar refractivity (Wildman–Crippen MR) is 95.3 cm³/mol. The van der Waals surface area contributed by atoms with E-state index in [9.17, 15) is 13.2 Å². The average molecular weight is 439 g/mol. The van der Waals surface area contributed by atoms with Gasteiger partial charge in [-0.15, -0.1) is 11.3 Å². The molecule has 0 saturated heterocycles. The summed E-state index contributed by atoms with van der Waals surface area (Å²) in [6, 6.07) is 7.98.